The average Bonchev–Trinajstić information content (AvgIpc) is 2.89. The van der Waals surface area contributed by atoms with Crippen LogP contribution >= 0.6 is 0 Å². The molecular formula is C10H18N6O4S. The summed E-state index contributed by atoms with van der Waals surface area (Å²) in [6.45, 7) is 0.162. The fraction of sp³-hybridized carbons (Fsp3) is 0.600. The molecule has 1 aromatic heterocycles. The van der Waals surface area contributed by atoms with Gasteiger partial charge in [-0.25, -0.2) is 8.42 Å². The van der Waals surface area contributed by atoms with E-state index in [1.165, 1.54) is 10.9 Å². The van der Waals surface area contributed by atoms with Gasteiger partial charge in [0.05, 0.1) is 37.3 Å². The van der Waals surface area contributed by atoms with Gasteiger partial charge in [0, 0.05) is 6.42 Å². The first-order valence-corrected chi connectivity index (χ1v) is 7.99. The lowest BCUT2D eigenvalue weighted by Crippen LogP contribution is -2.29. The Labute approximate surface area is 121 Å². The Morgan fingerprint density at radius 1 is 1.33 bits per heavy atom. The van der Waals surface area contributed by atoms with Gasteiger partial charge in [-0.3, -0.25) is 14.3 Å². The molecule has 0 aliphatic heterocycles. The van der Waals surface area contributed by atoms with Crippen LogP contribution in [0.15, 0.2) is 6.20 Å². The molecule has 0 fully saturated rings. The first-order valence-electron chi connectivity index (χ1n) is 6.17. The molecule has 0 aliphatic carbocycles. The molecule has 1 heterocycles. The molecule has 118 valence electrons. The zero-order chi connectivity index (χ0) is 15.9. The van der Waals surface area contributed by atoms with Crippen molar-refractivity contribution >= 4 is 21.7 Å². The number of carbonyl (C=O) groups is 2. The fourth-order valence-corrected chi connectivity index (χ4v) is 2.56. The van der Waals surface area contributed by atoms with E-state index >= 15 is 0 Å². The highest BCUT2D eigenvalue weighted by Gasteiger charge is 2.13. The number of nitrogens with one attached hydrogen (secondary N) is 1. The molecule has 1 rings (SSSR count). The Morgan fingerprint density at radius 2 is 2.05 bits per heavy atom. The molecule has 0 spiro atoms. The van der Waals surface area contributed by atoms with E-state index in [1.54, 1.807) is 0 Å². The maximum Gasteiger partial charge on any atom is 0.234 e. The van der Waals surface area contributed by atoms with Crippen LogP contribution in [0.5, 0.6) is 0 Å². The highest BCUT2D eigenvalue weighted by molar-refractivity contribution is 7.91. The third-order valence-corrected chi connectivity index (χ3v) is 4.16. The van der Waals surface area contributed by atoms with E-state index < -0.39 is 15.7 Å². The van der Waals surface area contributed by atoms with Gasteiger partial charge in [0.1, 0.15) is 5.69 Å². The zero-order valence-electron chi connectivity index (χ0n) is 11.4. The third-order valence-electron chi connectivity index (χ3n) is 2.53. The molecule has 11 heteroatoms. The van der Waals surface area contributed by atoms with Crippen molar-refractivity contribution in [3.05, 3.63) is 11.9 Å². The second-order valence-electron chi connectivity index (χ2n) is 4.32. The Kier molecular flexibility index (Phi) is 6.24. The van der Waals surface area contributed by atoms with Gasteiger partial charge in [-0.05, 0) is 0 Å². The molecule has 0 bridgehead atoms. The highest BCUT2D eigenvalue weighted by atomic mass is 32.2. The topological polar surface area (TPSA) is 163 Å². The van der Waals surface area contributed by atoms with E-state index in [0.29, 0.717) is 5.69 Å². The van der Waals surface area contributed by atoms with Gasteiger partial charge in [0.25, 0.3) is 0 Å². The molecule has 0 aliphatic rings. The predicted octanol–water partition coefficient (Wildman–Crippen LogP) is -2.86. The van der Waals surface area contributed by atoms with Crippen LogP contribution in [0.3, 0.4) is 0 Å². The molecule has 10 nitrogen and oxygen atoms in total. The summed E-state index contributed by atoms with van der Waals surface area (Å²) in [6, 6.07) is 0. The SMILES string of the molecule is NCC(=O)NCc1cn(CCS(=O)(=O)CCC(N)=O)nn1. The molecule has 5 N–H and O–H groups in total. The lowest BCUT2D eigenvalue weighted by molar-refractivity contribution is -0.120. The Bertz CT molecular complexity index is 596. The van der Waals surface area contributed by atoms with Gasteiger partial charge < -0.3 is 16.8 Å². The number of sulfone groups is 1. The Balaban J connectivity index is 2.44. The first-order chi connectivity index (χ1) is 9.82. The quantitative estimate of drug-likeness (QED) is 0.441. The van der Waals surface area contributed by atoms with Gasteiger partial charge in [-0.1, -0.05) is 5.21 Å². The molecule has 0 saturated heterocycles. The van der Waals surface area contributed by atoms with Crippen molar-refractivity contribution in [3.8, 4) is 0 Å². The van der Waals surface area contributed by atoms with E-state index in [2.05, 4.69) is 15.6 Å². The predicted molar refractivity (Wildman–Crippen MR) is 73.4 cm³/mol. The molecule has 21 heavy (non-hydrogen) atoms. The minimum atomic E-state index is -3.37. The number of carbonyl (C=O) groups excluding carboxylic acids is 2. The maximum absolute atomic E-state index is 11.6. The normalized spacial score (nSPS) is 11.3. The first kappa shape index (κ1) is 17.0. The maximum atomic E-state index is 11.6. The lowest BCUT2D eigenvalue weighted by atomic mass is 10.4. The van der Waals surface area contributed by atoms with Gasteiger partial charge in [-0.2, -0.15) is 0 Å². The van der Waals surface area contributed by atoms with E-state index in [1.807, 2.05) is 0 Å². The van der Waals surface area contributed by atoms with Crippen molar-refractivity contribution in [3.63, 3.8) is 0 Å². The molecular weight excluding hydrogens is 300 g/mol. The van der Waals surface area contributed by atoms with Gasteiger partial charge >= 0.3 is 0 Å². The van der Waals surface area contributed by atoms with Crippen molar-refractivity contribution in [2.75, 3.05) is 18.1 Å². The minimum Gasteiger partial charge on any atom is -0.370 e. The number of nitrogens with two attached hydrogens (primary N) is 2. The molecule has 0 radical (unpaired) electrons. The van der Waals surface area contributed by atoms with Crippen molar-refractivity contribution in [2.24, 2.45) is 11.5 Å². The summed E-state index contributed by atoms with van der Waals surface area (Å²) in [4.78, 5) is 21.5. The van der Waals surface area contributed by atoms with Crippen LogP contribution in [0.2, 0.25) is 0 Å². The second kappa shape index (κ2) is 7.69. The van der Waals surface area contributed by atoms with Crippen LogP contribution in [0, 0.1) is 0 Å². The number of hydrogen-bond donors (Lipinski definition) is 3. The fourth-order valence-electron chi connectivity index (χ4n) is 1.38. The second-order valence-corrected chi connectivity index (χ2v) is 6.63. The van der Waals surface area contributed by atoms with Crippen LogP contribution in [0.1, 0.15) is 12.1 Å². The smallest absolute Gasteiger partial charge is 0.234 e. The summed E-state index contributed by atoms with van der Waals surface area (Å²) in [5, 5.41) is 10.0. The number of primary amides is 1. The average molecular weight is 318 g/mol. The van der Waals surface area contributed by atoms with Crippen molar-refractivity contribution in [2.45, 2.75) is 19.5 Å². The van der Waals surface area contributed by atoms with Gasteiger partial charge in [0.15, 0.2) is 9.84 Å². The molecule has 0 saturated carbocycles. The van der Waals surface area contributed by atoms with E-state index in [0.717, 1.165) is 0 Å². The van der Waals surface area contributed by atoms with Gasteiger partial charge in [0.2, 0.25) is 11.8 Å². The number of rotatable bonds is 9. The minimum absolute atomic E-state index is 0.110. The summed E-state index contributed by atoms with van der Waals surface area (Å²) in [5.74, 6) is -1.43. The third kappa shape index (κ3) is 6.81. The van der Waals surface area contributed by atoms with E-state index in [4.69, 9.17) is 11.5 Å². The van der Waals surface area contributed by atoms with Gasteiger partial charge in [-0.15, -0.1) is 5.10 Å². The number of amides is 2. The molecule has 0 aromatic carbocycles. The number of aromatic nitrogens is 3. The summed E-state index contributed by atoms with van der Waals surface area (Å²) in [7, 11) is -3.37. The summed E-state index contributed by atoms with van der Waals surface area (Å²) < 4.78 is 24.6. The van der Waals surface area contributed by atoms with Crippen LogP contribution < -0.4 is 16.8 Å². The highest BCUT2D eigenvalue weighted by Crippen LogP contribution is 1.98. The van der Waals surface area contributed by atoms with Crippen LogP contribution in [0.25, 0.3) is 0 Å². The molecule has 2 amide bonds. The summed E-state index contributed by atoms with van der Waals surface area (Å²) >= 11 is 0. The Hall–Kier alpha value is -2.01. The lowest BCUT2D eigenvalue weighted by Gasteiger charge is -2.02. The van der Waals surface area contributed by atoms with E-state index in [9.17, 15) is 18.0 Å². The monoisotopic (exact) mass is 318 g/mol. The van der Waals surface area contributed by atoms with Crippen LogP contribution in [-0.2, 0) is 32.5 Å². The number of nitrogens with zero attached hydrogens (tertiary/aromatic N) is 3. The Morgan fingerprint density at radius 3 is 2.67 bits per heavy atom. The van der Waals surface area contributed by atoms with Crippen LogP contribution in [0.4, 0.5) is 0 Å². The largest absolute Gasteiger partial charge is 0.370 e. The number of aryl methyl sites for hydroxylation is 1. The summed E-state index contributed by atoms with van der Waals surface area (Å²) in [6.07, 6.45) is 1.33. The van der Waals surface area contributed by atoms with Crippen molar-refractivity contribution < 1.29 is 18.0 Å². The summed E-state index contributed by atoms with van der Waals surface area (Å²) in [5.41, 5.74) is 10.5. The van der Waals surface area contributed by atoms with Crippen molar-refractivity contribution in [1.29, 1.82) is 0 Å². The van der Waals surface area contributed by atoms with Crippen LogP contribution in [-0.4, -0.2) is 53.3 Å². The molecule has 0 unspecified atom stereocenters. The number of hydrogen-bond acceptors (Lipinski definition) is 7. The standard InChI is InChI=1S/C10H18N6O4S/c11-5-10(18)13-6-8-7-16(15-14-8)2-4-21(19,20)3-1-9(12)17/h7H,1-6,11H2,(H2,12,17)(H,13,18). The van der Waals surface area contributed by atoms with E-state index in [-0.39, 0.29) is 43.5 Å². The zero-order valence-corrected chi connectivity index (χ0v) is 12.2. The molecule has 0 atom stereocenters. The van der Waals surface area contributed by atoms with Crippen molar-refractivity contribution in [1.82, 2.24) is 20.3 Å². The molecule has 1 aromatic rings.